The van der Waals surface area contributed by atoms with E-state index in [-0.39, 0.29) is 49.5 Å². The summed E-state index contributed by atoms with van der Waals surface area (Å²) in [6.07, 6.45) is -1.46. The number of likely N-dealkylation sites (N-methyl/N-ethyl adjacent to an activating group) is 1. The quantitative estimate of drug-likeness (QED) is 0.223. The van der Waals surface area contributed by atoms with Gasteiger partial charge in [-0.05, 0) is 68.8 Å². The molecule has 6 atom stereocenters. The van der Waals surface area contributed by atoms with Gasteiger partial charge in [-0.1, -0.05) is 57.5 Å². The van der Waals surface area contributed by atoms with E-state index >= 15 is 0 Å². The molecule has 1 heterocycles. The zero-order chi connectivity index (χ0) is 41.0. The highest BCUT2D eigenvalue weighted by Crippen LogP contribution is 2.65. The first kappa shape index (κ1) is 43.3. The lowest BCUT2D eigenvalue weighted by Crippen LogP contribution is -2.57. The molecule has 0 aromatic heterocycles. The zero-order valence-electron chi connectivity index (χ0n) is 33.2. The molecule has 15 heteroatoms. The number of nitrogens with one attached hydrogen (secondary N) is 3. The van der Waals surface area contributed by atoms with E-state index in [2.05, 4.69) is 16.0 Å². The molecule has 1 saturated heterocycles. The van der Waals surface area contributed by atoms with Crippen LogP contribution in [0.5, 0.6) is 0 Å². The van der Waals surface area contributed by atoms with E-state index in [0.717, 1.165) is 0 Å². The van der Waals surface area contributed by atoms with Gasteiger partial charge in [-0.25, -0.2) is 13.6 Å². The Morgan fingerprint density at radius 3 is 2.16 bits per heavy atom. The minimum atomic E-state index is -2.87. The van der Waals surface area contributed by atoms with Crippen molar-refractivity contribution in [3.63, 3.8) is 0 Å². The van der Waals surface area contributed by atoms with Crippen molar-refractivity contribution in [2.24, 2.45) is 29.1 Å². The molecule has 304 valence electrons. The number of nitrogens with zero attached hydrogens (tertiary/aromatic N) is 2. The summed E-state index contributed by atoms with van der Waals surface area (Å²) in [4.78, 5) is 96.7. The molecule has 4 rings (SSSR count). The van der Waals surface area contributed by atoms with Crippen LogP contribution in [0, 0.1) is 29.1 Å². The second-order valence-corrected chi connectivity index (χ2v) is 17.1. The predicted molar refractivity (Wildman–Crippen MR) is 198 cm³/mol. The number of amides is 5. The van der Waals surface area contributed by atoms with Crippen LogP contribution in [0.15, 0.2) is 30.3 Å². The van der Waals surface area contributed by atoms with Gasteiger partial charge in [-0.3, -0.25) is 28.8 Å². The van der Waals surface area contributed by atoms with Crippen LogP contribution in [0.1, 0.15) is 98.1 Å². The van der Waals surface area contributed by atoms with Crippen molar-refractivity contribution in [2.45, 2.75) is 116 Å². The molecule has 13 nitrogen and oxygen atoms in total. The smallest absolute Gasteiger partial charge is 0.408 e. The number of carbonyl (C=O) groups excluding carboxylic acids is 7. The number of hydrogen-bond acceptors (Lipinski definition) is 8. The number of likely N-dealkylation sites (tertiary alicyclic amines) is 1. The third kappa shape index (κ3) is 10.7. The number of alkyl halides is 2. The van der Waals surface area contributed by atoms with Gasteiger partial charge in [-0.15, -0.1) is 0 Å². The second kappa shape index (κ2) is 17.2. The van der Waals surface area contributed by atoms with Gasteiger partial charge >= 0.3 is 6.09 Å². The lowest BCUT2D eigenvalue weighted by atomic mass is 9.81. The molecule has 0 spiro atoms. The number of Topliss-reactive ketones (excluding diaryl/α,β-unsaturated/α-hetero) is 2. The molecule has 1 aromatic rings. The summed E-state index contributed by atoms with van der Waals surface area (Å²) >= 11 is 0. The molecule has 3 N–H and O–H groups in total. The fourth-order valence-corrected chi connectivity index (χ4v) is 8.15. The first-order chi connectivity index (χ1) is 25.6. The highest BCUT2D eigenvalue weighted by Gasteiger charge is 2.69. The maximum Gasteiger partial charge on any atom is 0.408 e. The van der Waals surface area contributed by atoms with Crippen molar-refractivity contribution in [1.29, 1.82) is 0 Å². The number of fused-ring (bicyclic) bond motifs is 1. The lowest BCUT2D eigenvalue weighted by Gasteiger charge is -2.38. The number of carbonyl (C=O) groups is 7. The molecule has 3 aliphatic rings. The Kier molecular flexibility index (Phi) is 13.5. The summed E-state index contributed by atoms with van der Waals surface area (Å²) in [6.45, 7) is 10.4. The van der Waals surface area contributed by atoms with Crippen molar-refractivity contribution >= 4 is 41.3 Å². The van der Waals surface area contributed by atoms with Crippen LogP contribution >= 0.6 is 0 Å². The highest BCUT2D eigenvalue weighted by molar-refractivity contribution is 6.37. The Balaban J connectivity index is 1.47. The molecule has 5 amide bonds. The summed E-state index contributed by atoms with van der Waals surface area (Å²) in [5.74, 6) is -8.82. The number of ketones is 2. The molecule has 3 fully saturated rings. The molecule has 0 bridgehead atoms. The molecule has 1 aromatic carbocycles. The van der Waals surface area contributed by atoms with Crippen molar-refractivity contribution < 1.29 is 47.1 Å². The normalized spacial score (nSPS) is 22.9. The molecule has 2 aliphatic carbocycles. The number of halogens is 2. The van der Waals surface area contributed by atoms with Gasteiger partial charge in [0.05, 0.1) is 12.6 Å². The minimum absolute atomic E-state index is 0.0108. The average Bonchev–Trinajstić information content (AvgIpc) is 3.41. The molecule has 1 aliphatic heterocycles. The maximum absolute atomic E-state index is 14.4. The van der Waals surface area contributed by atoms with Crippen molar-refractivity contribution in [2.75, 3.05) is 27.2 Å². The number of rotatable bonds is 15. The van der Waals surface area contributed by atoms with E-state index in [1.54, 1.807) is 72.1 Å². The first-order valence-electron chi connectivity index (χ1n) is 19.2. The van der Waals surface area contributed by atoms with E-state index in [0.29, 0.717) is 12.0 Å². The van der Waals surface area contributed by atoms with Gasteiger partial charge in [0.25, 0.3) is 5.91 Å². The molecule has 4 unspecified atom stereocenters. The minimum Gasteiger partial charge on any atom is -0.444 e. The van der Waals surface area contributed by atoms with Crippen LogP contribution in [-0.2, 0) is 33.5 Å². The Morgan fingerprint density at radius 1 is 0.982 bits per heavy atom. The summed E-state index contributed by atoms with van der Waals surface area (Å²) in [7, 11) is 3.09. The van der Waals surface area contributed by atoms with Crippen LogP contribution < -0.4 is 16.0 Å². The van der Waals surface area contributed by atoms with Gasteiger partial charge in [0, 0.05) is 45.8 Å². The second-order valence-electron chi connectivity index (χ2n) is 17.1. The Morgan fingerprint density at radius 2 is 1.60 bits per heavy atom. The average molecular weight is 774 g/mol. The van der Waals surface area contributed by atoms with Crippen LogP contribution in [-0.4, -0.2) is 102 Å². The van der Waals surface area contributed by atoms with Gasteiger partial charge in [-0.2, -0.15) is 0 Å². The number of benzene rings is 1. The van der Waals surface area contributed by atoms with Crippen LogP contribution in [0.2, 0.25) is 0 Å². The molecular formula is C40H57F2N5O8. The van der Waals surface area contributed by atoms with Crippen LogP contribution in [0.3, 0.4) is 0 Å². The third-order valence-corrected chi connectivity index (χ3v) is 11.2. The number of ether oxygens (including phenoxy) is 1. The van der Waals surface area contributed by atoms with E-state index in [4.69, 9.17) is 4.74 Å². The fraction of sp³-hybridized carbons (Fsp3) is 0.675. The van der Waals surface area contributed by atoms with Gasteiger partial charge in [0.15, 0.2) is 5.78 Å². The van der Waals surface area contributed by atoms with Crippen LogP contribution in [0.4, 0.5) is 13.6 Å². The number of alkyl carbamates (subject to hydrolysis) is 1. The fourth-order valence-electron chi connectivity index (χ4n) is 8.15. The van der Waals surface area contributed by atoms with Crippen molar-refractivity contribution in [3.05, 3.63) is 35.9 Å². The molecule has 55 heavy (non-hydrogen) atoms. The SMILES string of the molecule is CCCC(CC(=O)C1C2[C@H](CN1C(=O)C(NC(=O)OC(C)(C)C)C1CCC(F)(F)CC1)C2(C)C)C(=O)C(=O)NCC(=O)N[C@H](C(=O)N(C)C)c1ccccc1. The van der Waals surface area contributed by atoms with Gasteiger partial charge in [0.1, 0.15) is 17.7 Å². The summed E-state index contributed by atoms with van der Waals surface area (Å²) < 4.78 is 33.7. The lowest BCUT2D eigenvalue weighted by molar-refractivity contribution is -0.145. The predicted octanol–water partition coefficient (Wildman–Crippen LogP) is 4.19. The monoisotopic (exact) mass is 773 g/mol. The van der Waals surface area contributed by atoms with E-state index in [9.17, 15) is 42.3 Å². The molecule has 2 saturated carbocycles. The maximum atomic E-state index is 14.4. The standard InChI is InChI=1S/C40H57F2N5O8/c1-9-13-25(33(50)34(51)43-21-28(49)44-30(35(52)46(7)8)23-14-11-10-12-15-23)20-27(48)32-29-26(39(29,5)6)22-47(32)36(53)31(45-37(54)55-38(2,3)4)24-16-18-40(41,42)19-17-24/h10-12,14-15,24-26,29-32H,9,13,16-22H2,1-8H3,(H,43,51)(H,44,49)(H,45,54)/t25?,26-,29?,30-,31?,32?/m0/s1. The van der Waals surface area contributed by atoms with Gasteiger partial charge in [0.2, 0.25) is 29.4 Å². The number of piperidine rings is 1. The number of hydrogen-bond donors (Lipinski definition) is 3. The third-order valence-electron chi connectivity index (χ3n) is 11.2. The zero-order valence-corrected chi connectivity index (χ0v) is 33.2. The van der Waals surface area contributed by atoms with Crippen molar-refractivity contribution in [3.8, 4) is 0 Å². The Bertz CT molecular complexity index is 1620. The largest absolute Gasteiger partial charge is 0.444 e. The Hall–Kier alpha value is -4.43. The van der Waals surface area contributed by atoms with Gasteiger partial charge < -0.3 is 30.5 Å². The summed E-state index contributed by atoms with van der Waals surface area (Å²) in [5.41, 5.74) is -0.647. The van der Waals surface area contributed by atoms with Crippen molar-refractivity contribution in [1.82, 2.24) is 25.8 Å². The van der Waals surface area contributed by atoms with Crippen LogP contribution in [0.25, 0.3) is 0 Å². The van der Waals surface area contributed by atoms with E-state index in [1.165, 1.54) is 9.80 Å². The van der Waals surface area contributed by atoms with E-state index in [1.807, 2.05) is 13.8 Å². The first-order valence-corrected chi connectivity index (χ1v) is 19.2. The molecule has 0 radical (unpaired) electrons. The Labute approximate surface area is 322 Å². The summed E-state index contributed by atoms with van der Waals surface area (Å²) in [6, 6.07) is 5.38. The summed E-state index contributed by atoms with van der Waals surface area (Å²) in [5, 5.41) is 7.57. The topological polar surface area (TPSA) is 171 Å². The van der Waals surface area contributed by atoms with E-state index < -0.39 is 102 Å². The molecular weight excluding hydrogens is 716 g/mol. The highest BCUT2D eigenvalue weighted by atomic mass is 19.3.